The average molecular weight is 160 g/mol. The molecule has 0 aromatic rings. The topological polar surface area (TPSA) is 35.5 Å². The molecule has 11 heavy (non-hydrogen) atoms. The van der Waals surface area contributed by atoms with Gasteiger partial charge in [0.25, 0.3) is 0 Å². The zero-order valence-electron chi connectivity index (χ0n) is 7.21. The van der Waals surface area contributed by atoms with Crippen LogP contribution in [0.15, 0.2) is 0 Å². The Balaban J connectivity index is 3.27. The van der Waals surface area contributed by atoms with Gasteiger partial charge in [-0.3, -0.25) is 0 Å². The predicted octanol–water partition coefficient (Wildman–Crippen LogP) is 1.02. The Morgan fingerprint density at radius 1 is 1.45 bits per heavy atom. The van der Waals surface area contributed by atoms with Crippen molar-refractivity contribution < 1.29 is 14.3 Å². The average Bonchev–Trinajstić information content (AvgIpc) is 2.03. The Labute approximate surface area is 67.7 Å². The highest BCUT2D eigenvalue weighted by Crippen LogP contribution is 2.00. The van der Waals surface area contributed by atoms with Gasteiger partial charge in [0, 0.05) is 13.5 Å². The number of carbonyl (C=O) groups is 1. The van der Waals surface area contributed by atoms with Crippen LogP contribution < -0.4 is 0 Å². The van der Waals surface area contributed by atoms with E-state index in [1.807, 2.05) is 6.92 Å². The van der Waals surface area contributed by atoms with Gasteiger partial charge in [0.05, 0.1) is 19.3 Å². The SMILES string of the molecule is CCC(CC=O)OCCOC. The molecule has 0 amide bonds. The maximum absolute atomic E-state index is 10.1. The maximum Gasteiger partial charge on any atom is 0.122 e. The molecule has 0 aromatic heterocycles. The molecule has 0 N–H and O–H groups in total. The highest BCUT2D eigenvalue weighted by Gasteiger charge is 2.03. The van der Waals surface area contributed by atoms with E-state index in [0.29, 0.717) is 19.6 Å². The van der Waals surface area contributed by atoms with Gasteiger partial charge >= 0.3 is 0 Å². The molecule has 0 aromatic carbocycles. The molecule has 0 saturated carbocycles. The second-order valence-electron chi connectivity index (χ2n) is 2.30. The molecule has 0 radical (unpaired) electrons. The van der Waals surface area contributed by atoms with Crippen LogP contribution in [0.5, 0.6) is 0 Å². The minimum atomic E-state index is 0.0719. The maximum atomic E-state index is 10.1. The summed E-state index contributed by atoms with van der Waals surface area (Å²) in [5, 5.41) is 0. The number of hydrogen-bond acceptors (Lipinski definition) is 3. The number of methoxy groups -OCH3 is 1. The van der Waals surface area contributed by atoms with Crippen LogP contribution in [0.3, 0.4) is 0 Å². The molecule has 0 bridgehead atoms. The lowest BCUT2D eigenvalue weighted by Crippen LogP contribution is -2.15. The molecule has 1 atom stereocenters. The largest absolute Gasteiger partial charge is 0.382 e. The normalized spacial score (nSPS) is 12.9. The number of ether oxygens (including phenoxy) is 2. The van der Waals surface area contributed by atoms with E-state index in [2.05, 4.69) is 0 Å². The molecule has 0 heterocycles. The molecule has 66 valence electrons. The van der Waals surface area contributed by atoms with Crippen molar-refractivity contribution >= 4 is 6.29 Å². The summed E-state index contributed by atoms with van der Waals surface area (Å²) in [4.78, 5) is 10.1. The zero-order chi connectivity index (χ0) is 8.53. The van der Waals surface area contributed by atoms with Crippen LogP contribution >= 0.6 is 0 Å². The summed E-state index contributed by atoms with van der Waals surface area (Å²) in [7, 11) is 1.63. The fourth-order valence-corrected chi connectivity index (χ4v) is 0.758. The molecular weight excluding hydrogens is 144 g/mol. The molecule has 0 aliphatic rings. The van der Waals surface area contributed by atoms with Crippen molar-refractivity contribution in [2.45, 2.75) is 25.9 Å². The van der Waals surface area contributed by atoms with E-state index < -0.39 is 0 Å². The van der Waals surface area contributed by atoms with Crippen molar-refractivity contribution in [1.82, 2.24) is 0 Å². The predicted molar refractivity (Wildman–Crippen MR) is 42.6 cm³/mol. The first kappa shape index (κ1) is 10.6. The van der Waals surface area contributed by atoms with E-state index in [1.54, 1.807) is 7.11 Å². The Morgan fingerprint density at radius 3 is 2.64 bits per heavy atom. The minimum absolute atomic E-state index is 0.0719. The fourth-order valence-electron chi connectivity index (χ4n) is 0.758. The Kier molecular flexibility index (Phi) is 7.41. The second kappa shape index (κ2) is 7.69. The van der Waals surface area contributed by atoms with Gasteiger partial charge in [0.1, 0.15) is 6.29 Å². The van der Waals surface area contributed by atoms with Crippen LogP contribution in [0.4, 0.5) is 0 Å². The molecule has 0 fully saturated rings. The minimum Gasteiger partial charge on any atom is -0.382 e. The van der Waals surface area contributed by atoms with Crippen LogP contribution in [0.2, 0.25) is 0 Å². The van der Waals surface area contributed by atoms with Gasteiger partial charge in [-0.2, -0.15) is 0 Å². The summed E-state index contributed by atoms with van der Waals surface area (Å²) < 4.78 is 10.1. The van der Waals surface area contributed by atoms with Gasteiger partial charge in [-0.25, -0.2) is 0 Å². The van der Waals surface area contributed by atoms with Gasteiger partial charge in [0.2, 0.25) is 0 Å². The van der Waals surface area contributed by atoms with E-state index in [-0.39, 0.29) is 6.10 Å². The quantitative estimate of drug-likeness (QED) is 0.412. The summed E-state index contributed by atoms with van der Waals surface area (Å²) in [6, 6.07) is 0. The van der Waals surface area contributed by atoms with Crippen LogP contribution in [-0.2, 0) is 14.3 Å². The molecule has 0 aliphatic heterocycles. The Morgan fingerprint density at radius 2 is 2.18 bits per heavy atom. The lowest BCUT2D eigenvalue weighted by molar-refractivity contribution is -0.110. The fraction of sp³-hybridized carbons (Fsp3) is 0.875. The third kappa shape index (κ3) is 6.01. The molecule has 0 rings (SSSR count). The zero-order valence-corrected chi connectivity index (χ0v) is 7.21. The summed E-state index contributed by atoms with van der Waals surface area (Å²) in [5.41, 5.74) is 0. The summed E-state index contributed by atoms with van der Waals surface area (Å²) in [5.74, 6) is 0. The first-order valence-corrected chi connectivity index (χ1v) is 3.89. The third-order valence-corrected chi connectivity index (χ3v) is 1.46. The number of aldehydes is 1. The van der Waals surface area contributed by atoms with Crippen LogP contribution in [0, 0.1) is 0 Å². The van der Waals surface area contributed by atoms with Crippen molar-refractivity contribution in [1.29, 1.82) is 0 Å². The molecule has 3 nitrogen and oxygen atoms in total. The smallest absolute Gasteiger partial charge is 0.122 e. The molecule has 0 spiro atoms. The second-order valence-corrected chi connectivity index (χ2v) is 2.30. The lowest BCUT2D eigenvalue weighted by atomic mass is 10.2. The molecule has 3 heteroatoms. The van der Waals surface area contributed by atoms with E-state index >= 15 is 0 Å². The van der Waals surface area contributed by atoms with Crippen molar-refractivity contribution in [3.8, 4) is 0 Å². The van der Waals surface area contributed by atoms with Crippen molar-refractivity contribution in [3.05, 3.63) is 0 Å². The third-order valence-electron chi connectivity index (χ3n) is 1.46. The van der Waals surface area contributed by atoms with Crippen molar-refractivity contribution in [2.24, 2.45) is 0 Å². The Hall–Kier alpha value is -0.410. The van der Waals surface area contributed by atoms with Gasteiger partial charge in [-0.1, -0.05) is 6.92 Å². The number of rotatable bonds is 7. The van der Waals surface area contributed by atoms with E-state index in [9.17, 15) is 4.79 Å². The first-order valence-electron chi connectivity index (χ1n) is 3.89. The Bertz CT molecular complexity index is 93.3. The standard InChI is InChI=1S/C8H16O3/c1-3-8(4-5-9)11-7-6-10-2/h5,8H,3-4,6-7H2,1-2H3. The molecule has 0 aliphatic carbocycles. The number of carbonyl (C=O) groups excluding carboxylic acids is 1. The molecule has 1 unspecified atom stereocenters. The summed E-state index contributed by atoms with van der Waals surface area (Å²) >= 11 is 0. The van der Waals surface area contributed by atoms with Gasteiger partial charge < -0.3 is 14.3 Å². The van der Waals surface area contributed by atoms with Crippen LogP contribution in [0.1, 0.15) is 19.8 Å². The van der Waals surface area contributed by atoms with Crippen LogP contribution in [0.25, 0.3) is 0 Å². The molecule has 0 saturated heterocycles. The van der Waals surface area contributed by atoms with E-state index in [4.69, 9.17) is 9.47 Å². The van der Waals surface area contributed by atoms with Gasteiger partial charge in [0.15, 0.2) is 0 Å². The number of hydrogen-bond donors (Lipinski definition) is 0. The van der Waals surface area contributed by atoms with Crippen LogP contribution in [-0.4, -0.2) is 32.7 Å². The van der Waals surface area contributed by atoms with E-state index in [0.717, 1.165) is 12.7 Å². The van der Waals surface area contributed by atoms with E-state index in [1.165, 1.54) is 0 Å². The monoisotopic (exact) mass is 160 g/mol. The first-order chi connectivity index (χ1) is 5.35. The van der Waals surface area contributed by atoms with Crippen molar-refractivity contribution in [2.75, 3.05) is 20.3 Å². The van der Waals surface area contributed by atoms with Crippen molar-refractivity contribution in [3.63, 3.8) is 0 Å². The summed E-state index contributed by atoms with van der Waals surface area (Å²) in [6.45, 7) is 3.17. The van der Waals surface area contributed by atoms with Gasteiger partial charge in [-0.05, 0) is 6.42 Å². The van der Waals surface area contributed by atoms with Gasteiger partial charge in [-0.15, -0.1) is 0 Å². The highest BCUT2D eigenvalue weighted by atomic mass is 16.5. The lowest BCUT2D eigenvalue weighted by Gasteiger charge is -2.11. The summed E-state index contributed by atoms with van der Waals surface area (Å²) in [6.07, 6.45) is 2.33. The highest BCUT2D eigenvalue weighted by molar-refractivity contribution is 5.50. The molecular formula is C8H16O3.